The van der Waals surface area contributed by atoms with Gasteiger partial charge in [0, 0.05) is 11.3 Å². The van der Waals surface area contributed by atoms with Crippen molar-refractivity contribution in [3.05, 3.63) is 60.2 Å². The van der Waals surface area contributed by atoms with Crippen LogP contribution in [0.2, 0.25) is 0 Å². The third-order valence-corrected chi connectivity index (χ3v) is 3.05. The standard InChI is InChI=1S/C18H20N2O4/c1-2-23-18(22)20-15-8-6-7-14(13-15)17(21)19-11-12-24-16-9-4-3-5-10-16/h3-10,13H,2,11-12H2,1H3,(H,19,21)(H,20,22). The summed E-state index contributed by atoms with van der Waals surface area (Å²) in [5.74, 6) is 0.520. The van der Waals surface area contributed by atoms with E-state index in [-0.39, 0.29) is 12.5 Å². The molecule has 6 nitrogen and oxygen atoms in total. The molecule has 0 fully saturated rings. The number of ether oxygens (including phenoxy) is 2. The van der Waals surface area contributed by atoms with Crippen molar-refractivity contribution < 1.29 is 19.1 Å². The maximum absolute atomic E-state index is 12.1. The zero-order valence-corrected chi connectivity index (χ0v) is 13.5. The summed E-state index contributed by atoms with van der Waals surface area (Å²) in [6.45, 7) is 2.76. The summed E-state index contributed by atoms with van der Waals surface area (Å²) in [5.41, 5.74) is 0.950. The van der Waals surface area contributed by atoms with Gasteiger partial charge in [-0.15, -0.1) is 0 Å². The lowest BCUT2D eigenvalue weighted by molar-refractivity contribution is 0.0947. The third-order valence-electron chi connectivity index (χ3n) is 3.05. The Hall–Kier alpha value is -3.02. The highest BCUT2D eigenvalue weighted by molar-refractivity contribution is 5.96. The van der Waals surface area contributed by atoms with E-state index in [2.05, 4.69) is 10.6 Å². The first kappa shape index (κ1) is 17.3. The van der Waals surface area contributed by atoms with Crippen LogP contribution in [-0.2, 0) is 4.74 Å². The molecule has 126 valence electrons. The zero-order valence-electron chi connectivity index (χ0n) is 13.5. The van der Waals surface area contributed by atoms with Crippen molar-refractivity contribution >= 4 is 17.7 Å². The van der Waals surface area contributed by atoms with Crippen LogP contribution in [0, 0.1) is 0 Å². The normalized spacial score (nSPS) is 9.88. The molecule has 0 saturated carbocycles. The Bertz CT molecular complexity index is 674. The largest absolute Gasteiger partial charge is 0.492 e. The van der Waals surface area contributed by atoms with Crippen LogP contribution < -0.4 is 15.4 Å². The minimum atomic E-state index is -0.550. The summed E-state index contributed by atoms with van der Waals surface area (Å²) in [6.07, 6.45) is -0.550. The molecule has 0 aromatic heterocycles. The van der Waals surface area contributed by atoms with Gasteiger partial charge in [0.05, 0.1) is 13.2 Å². The van der Waals surface area contributed by atoms with Crippen molar-refractivity contribution in [3.8, 4) is 5.75 Å². The number of benzene rings is 2. The van der Waals surface area contributed by atoms with E-state index >= 15 is 0 Å². The van der Waals surface area contributed by atoms with Crippen molar-refractivity contribution in [3.63, 3.8) is 0 Å². The van der Waals surface area contributed by atoms with Crippen LogP contribution >= 0.6 is 0 Å². The number of amides is 2. The number of carbonyl (C=O) groups excluding carboxylic acids is 2. The van der Waals surface area contributed by atoms with Gasteiger partial charge in [-0.3, -0.25) is 10.1 Å². The smallest absolute Gasteiger partial charge is 0.411 e. The first-order valence-corrected chi connectivity index (χ1v) is 7.69. The number of carbonyl (C=O) groups is 2. The monoisotopic (exact) mass is 328 g/mol. The molecule has 2 aromatic carbocycles. The van der Waals surface area contributed by atoms with Gasteiger partial charge in [-0.1, -0.05) is 24.3 Å². The number of para-hydroxylation sites is 1. The molecule has 0 spiro atoms. The summed E-state index contributed by atoms with van der Waals surface area (Å²) < 4.78 is 10.3. The fourth-order valence-corrected chi connectivity index (χ4v) is 1.98. The molecule has 0 aliphatic carbocycles. The van der Waals surface area contributed by atoms with Crippen LogP contribution in [0.5, 0.6) is 5.75 Å². The Morgan fingerprint density at radius 1 is 1.04 bits per heavy atom. The number of rotatable bonds is 7. The first-order valence-electron chi connectivity index (χ1n) is 7.69. The van der Waals surface area contributed by atoms with Crippen molar-refractivity contribution in [2.75, 3.05) is 25.1 Å². The Kier molecular flexibility index (Phi) is 6.64. The van der Waals surface area contributed by atoms with Gasteiger partial charge < -0.3 is 14.8 Å². The quantitative estimate of drug-likeness (QED) is 0.766. The van der Waals surface area contributed by atoms with Gasteiger partial charge >= 0.3 is 6.09 Å². The van der Waals surface area contributed by atoms with Crippen molar-refractivity contribution in [1.82, 2.24) is 5.32 Å². The number of nitrogens with one attached hydrogen (secondary N) is 2. The zero-order chi connectivity index (χ0) is 17.2. The predicted octanol–water partition coefficient (Wildman–Crippen LogP) is 3.06. The molecule has 0 unspecified atom stereocenters. The van der Waals surface area contributed by atoms with Gasteiger partial charge in [0.1, 0.15) is 12.4 Å². The molecule has 0 aliphatic heterocycles. The first-order chi connectivity index (χ1) is 11.7. The molecule has 2 aromatic rings. The molecule has 0 heterocycles. The van der Waals surface area contributed by atoms with E-state index in [4.69, 9.17) is 9.47 Å². The highest BCUT2D eigenvalue weighted by Crippen LogP contribution is 2.11. The lowest BCUT2D eigenvalue weighted by Crippen LogP contribution is -2.28. The van der Waals surface area contributed by atoms with Gasteiger partial charge in [0.25, 0.3) is 5.91 Å². The van der Waals surface area contributed by atoms with Crippen LogP contribution in [0.1, 0.15) is 17.3 Å². The van der Waals surface area contributed by atoms with Crippen molar-refractivity contribution in [2.45, 2.75) is 6.92 Å². The Morgan fingerprint density at radius 2 is 1.83 bits per heavy atom. The van der Waals surface area contributed by atoms with Crippen LogP contribution in [0.25, 0.3) is 0 Å². The summed E-state index contributed by atoms with van der Waals surface area (Å²) in [7, 11) is 0. The minimum absolute atomic E-state index is 0.237. The summed E-state index contributed by atoms with van der Waals surface area (Å²) >= 11 is 0. The summed E-state index contributed by atoms with van der Waals surface area (Å²) in [4.78, 5) is 23.5. The average Bonchev–Trinajstić information content (AvgIpc) is 2.60. The van der Waals surface area contributed by atoms with Crippen molar-refractivity contribution in [1.29, 1.82) is 0 Å². The van der Waals surface area contributed by atoms with Crippen LogP contribution in [0.3, 0.4) is 0 Å². The van der Waals surface area contributed by atoms with E-state index in [1.54, 1.807) is 31.2 Å². The van der Waals surface area contributed by atoms with E-state index in [1.807, 2.05) is 30.3 Å². The molecule has 0 radical (unpaired) electrons. The molecule has 24 heavy (non-hydrogen) atoms. The molecule has 0 aliphatic rings. The molecule has 0 atom stereocenters. The maximum Gasteiger partial charge on any atom is 0.411 e. The topological polar surface area (TPSA) is 76.7 Å². The van der Waals surface area contributed by atoms with Gasteiger partial charge in [-0.2, -0.15) is 0 Å². The van der Waals surface area contributed by atoms with Crippen molar-refractivity contribution in [2.24, 2.45) is 0 Å². The molecular weight excluding hydrogens is 308 g/mol. The van der Waals surface area contributed by atoms with Crippen LogP contribution in [-0.4, -0.2) is 31.8 Å². The third kappa shape index (κ3) is 5.64. The van der Waals surface area contributed by atoms with Gasteiger partial charge in [-0.25, -0.2) is 4.79 Å². The molecule has 2 N–H and O–H groups in total. The van der Waals surface area contributed by atoms with Crippen LogP contribution in [0.15, 0.2) is 54.6 Å². The summed E-state index contributed by atoms with van der Waals surface area (Å²) in [6, 6.07) is 16.0. The van der Waals surface area contributed by atoms with Gasteiger partial charge in [0.2, 0.25) is 0 Å². The van der Waals surface area contributed by atoms with E-state index in [9.17, 15) is 9.59 Å². The molecule has 0 saturated heterocycles. The lowest BCUT2D eigenvalue weighted by Gasteiger charge is -2.09. The molecular formula is C18H20N2O4. The molecule has 6 heteroatoms. The fourth-order valence-electron chi connectivity index (χ4n) is 1.98. The second-order valence-corrected chi connectivity index (χ2v) is 4.84. The summed E-state index contributed by atoms with van der Waals surface area (Å²) in [5, 5.41) is 5.33. The van der Waals surface area contributed by atoms with E-state index in [0.717, 1.165) is 5.75 Å². The van der Waals surface area contributed by atoms with E-state index in [0.29, 0.717) is 24.4 Å². The average molecular weight is 328 g/mol. The van der Waals surface area contributed by atoms with E-state index < -0.39 is 6.09 Å². The molecule has 0 bridgehead atoms. The van der Waals surface area contributed by atoms with Gasteiger partial charge in [0.15, 0.2) is 0 Å². The molecule has 2 amide bonds. The maximum atomic E-state index is 12.1. The van der Waals surface area contributed by atoms with Gasteiger partial charge in [-0.05, 0) is 37.3 Å². The SMILES string of the molecule is CCOC(=O)Nc1cccc(C(=O)NCCOc2ccccc2)c1. The highest BCUT2D eigenvalue weighted by atomic mass is 16.5. The minimum Gasteiger partial charge on any atom is -0.492 e. The fraction of sp³-hybridized carbons (Fsp3) is 0.222. The Labute approximate surface area is 140 Å². The molecule has 2 rings (SSSR count). The Balaban J connectivity index is 1.80. The lowest BCUT2D eigenvalue weighted by atomic mass is 10.2. The highest BCUT2D eigenvalue weighted by Gasteiger charge is 2.08. The number of hydrogen-bond acceptors (Lipinski definition) is 4. The van der Waals surface area contributed by atoms with E-state index in [1.165, 1.54) is 0 Å². The predicted molar refractivity (Wildman–Crippen MR) is 91.4 cm³/mol. The van der Waals surface area contributed by atoms with Crippen LogP contribution in [0.4, 0.5) is 10.5 Å². The Morgan fingerprint density at radius 3 is 2.58 bits per heavy atom. The second-order valence-electron chi connectivity index (χ2n) is 4.84. The second kappa shape index (κ2) is 9.19. The number of anilines is 1. The number of hydrogen-bond donors (Lipinski definition) is 2.